The summed E-state index contributed by atoms with van der Waals surface area (Å²) in [5.41, 5.74) is 2.63. The van der Waals surface area contributed by atoms with Crippen molar-refractivity contribution in [3.8, 4) is 5.75 Å². The molecule has 0 spiro atoms. The summed E-state index contributed by atoms with van der Waals surface area (Å²) in [6.45, 7) is 0. The van der Waals surface area contributed by atoms with E-state index in [1.165, 1.54) is 6.34 Å². The summed E-state index contributed by atoms with van der Waals surface area (Å²) in [6.07, 6.45) is 3.22. The summed E-state index contributed by atoms with van der Waals surface area (Å²) in [4.78, 5) is 22.4. The molecular weight excluding hydrogens is 290 g/mol. The zero-order chi connectivity index (χ0) is 15.8. The first-order valence-electron chi connectivity index (χ1n) is 7.23. The maximum absolute atomic E-state index is 12.3. The fraction of sp³-hybridized carbons (Fsp3) is 0.0556. The molecule has 0 saturated heterocycles. The number of anilines is 1. The van der Waals surface area contributed by atoms with Gasteiger partial charge in [0, 0.05) is 11.9 Å². The van der Waals surface area contributed by atoms with Crippen molar-refractivity contribution in [3.05, 3.63) is 66.4 Å². The molecule has 5 heteroatoms. The molecule has 0 bridgehead atoms. The van der Waals surface area contributed by atoms with Gasteiger partial charge in [0.2, 0.25) is 0 Å². The van der Waals surface area contributed by atoms with Crippen molar-refractivity contribution in [3.63, 3.8) is 0 Å². The van der Waals surface area contributed by atoms with Gasteiger partial charge in [-0.2, -0.15) is 0 Å². The van der Waals surface area contributed by atoms with Crippen molar-refractivity contribution in [2.75, 3.05) is 4.90 Å². The number of amidine groups is 1. The predicted octanol–water partition coefficient (Wildman–Crippen LogP) is 2.84. The Bertz CT molecular complexity index is 852. The summed E-state index contributed by atoms with van der Waals surface area (Å²) < 4.78 is 0. The highest BCUT2D eigenvalue weighted by Gasteiger charge is 2.39. The van der Waals surface area contributed by atoms with Crippen LogP contribution >= 0.6 is 0 Å². The number of carbonyl (C=O) groups is 1. The summed E-state index contributed by atoms with van der Waals surface area (Å²) in [6, 6.07) is 16.5. The summed E-state index contributed by atoms with van der Waals surface area (Å²) >= 11 is 0. The number of phenolic OH excluding ortho intramolecular Hbond substituents is 1. The van der Waals surface area contributed by atoms with Crippen LogP contribution in [0.3, 0.4) is 0 Å². The molecule has 1 amide bonds. The second kappa shape index (κ2) is 5.21. The van der Waals surface area contributed by atoms with E-state index in [0.717, 1.165) is 16.8 Å². The number of rotatable bonds is 2. The minimum Gasteiger partial charge on any atom is -0.508 e. The number of aliphatic imine (C=N–C) groups is 2. The van der Waals surface area contributed by atoms with E-state index in [1.807, 2.05) is 41.4 Å². The smallest absolute Gasteiger partial charge is 0.262 e. The molecule has 0 fully saturated rings. The molecule has 0 aromatic heterocycles. The van der Waals surface area contributed by atoms with Crippen LogP contribution in [0.1, 0.15) is 5.56 Å². The van der Waals surface area contributed by atoms with E-state index in [4.69, 9.17) is 0 Å². The molecule has 2 aliphatic heterocycles. The van der Waals surface area contributed by atoms with Crippen molar-refractivity contribution in [1.29, 1.82) is 0 Å². The van der Waals surface area contributed by atoms with Gasteiger partial charge in [0.25, 0.3) is 5.91 Å². The molecule has 1 unspecified atom stereocenters. The van der Waals surface area contributed by atoms with Gasteiger partial charge in [-0.15, -0.1) is 0 Å². The van der Waals surface area contributed by atoms with E-state index >= 15 is 0 Å². The maximum atomic E-state index is 12.3. The van der Waals surface area contributed by atoms with Gasteiger partial charge in [-0.3, -0.25) is 4.79 Å². The van der Waals surface area contributed by atoms with Gasteiger partial charge in [-0.1, -0.05) is 30.3 Å². The fourth-order valence-electron chi connectivity index (χ4n) is 2.85. The van der Waals surface area contributed by atoms with Crippen LogP contribution in [0.25, 0.3) is 5.57 Å². The van der Waals surface area contributed by atoms with Crippen LogP contribution in [0, 0.1) is 5.92 Å². The predicted molar refractivity (Wildman–Crippen MR) is 89.4 cm³/mol. The lowest BCUT2D eigenvalue weighted by atomic mass is 9.93. The molecule has 2 aromatic carbocycles. The van der Waals surface area contributed by atoms with E-state index in [2.05, 4.69) is 9.98 Å². The molecule has 1 N–H and O–H groups in total. The third-order valence-corrected chi connectivity index (χ3v) is 3.94. The van der Waals surface area contributed by atoms with Crippen molar-refractivity contribution in [1.82, 2.24) is 0 Å². The Morgan fingerprint density at radius 3 is 2.48 bits per heavy atom. The van der Waals surface area contributed by atoms with Crippen molar-refractivity contribution in [2.24, 2.45) is 15.9 Å². The Kier molecular flexibility index (Phi) is 3.05. The highest BCUT2D eigenvalue weighted by atomic mass is 16.3. The normalized spacial score (nSPS) is 19.4. The van der Waals surface area contributed by atoms with Gasteiger partial charge in [-0.25, -0.2) is 9.98 Å². The topological polar surface area (TPSA) is 65.3 Å². The third-order valence-electron chi connectivity index (χ3n) is 3.94. The van der Waals surface area contributed by atoms with E-state index in [1.54, 1.807) is 24.3 Å². The molecule has 2 aliphatic rings. The molecule has 23 heavy (non-hydrogen) atoms. The SMILES string of the molecule is O=C1N=CN=C2C1C(c1ccc(O)cc1)=CN2c1ccccc1. The Morgan fingerprint density at radius 1 is 1.00 bits per heavy atom. The summed E-state index contributed by atoms with van der Waals surface area (Å²) in [5.74, 6) is 0.103. The fourth-order valence-corrected chi connectivity index (χ4v) is 2.85. The van der Waals surface area contributed by atoms with Crippen molar-refractivity contribution >= 4 is 29.3 Å². The summed E-state index contributed by atoms with van der Waals surface area (Å²) in [7, 11) is 0. The van der Waals surface area contributed by atoms with E-state index < -0.39 is 5.92 Å². The van der Waals surface area contributed by atoms with Crippen LogP contribution in [0.2, 0.25) is 0 Å². The Hall–Kier alpha value is -3.21. The molecule has 0 radical (unpaired) electrons. The first kappa shape index (κ1) is 13.5. The quantitative estimate of drug-likeness (QED) is 0.927. The van der Waals surface area contributed by atoms with Crippen LogP contribution < -0.4 is 4.90 Å². The molecule has 2 heterocycles. The van der Waals surface area contributed by atoms with Crippen molar-refractivity contribution < 1.29 is 9.90 Å². The Morgan fingerprint density at radius 2 is 1.74 bits per heavy atom. The van der Waals surface area contributed by atoms with Crippen LogP contribution in [0.15, 0.2) is 70.8 Å². The minimum atomic E-state index is -0.509. The first-order chi connectivity index (χ1) is 11.2. The Labute approximate surface area is 132 Å². The zero-order valence-corrected chi connectivity index (χ0v) is 12.1. The number of nitrogens with zero attached hydrogens (tertiary/aromatic N) is 3. The molecule has 0 aliphatic carbocycles. The van der Waals surface area contributed by atoms with Crippen LogP contribution in [0.5, 0.6) is 5.75 Å². The Balaban J connectivity index is 1.84. The van der Waals surface area contributed by atoms with Crippen LogP contribution in [0.4, 0.5) is 5.69 Å². The number of benzene rings is 2. The monoisotopic (exact) mass is 303 g/mol. The second-order valence-electron chi connectivity index (χ2n) is 5.34. The largest absolute Gasteiger partial charge is 0.508 e. The van der Waals surface area contributed by atoms with E-state index in [0.29, 0.717) is 5.84 Å². The van der Waals surface area contributed by atoms with Gasteiger partial charge in [0.15, 0.2) is 0 Å². The van der Waals surface area contributed by atoms with Gasteiger partial charge >= 0.3 is 0 Å². The number of phenols is 1. The summed E-state index contributed by atoms with van der Waals surface area (Å²) in [5, 5.41) is 9.47. The molecule has 1 atom stereocenters. The van der Waals surface area contributed by atoms with Gasteiger partial charge in [0.05, 0.1) is 0 Å². The number of para-hydroxylation sites is 1. The lowest BCUT2D eigenvalue weighted by Crippen LogP contribution is -2.32. The van der Waals surface area contributed by atoms with Crippen molar-refractivity contribution in [2.45, 2.75) is 0 Å². The number of aromatic hydroxyl groups is 1. The minimum absolute atomic E-state index is 0.189. The third kappa shape index (κ3) is 2.23. The molecule has 112 valence electrons. The van der Waals surface area contributed by atoms with Gasteiger partial charge in [0.1, 0.15) is 23.8 Å². The number of hydrogen-bond acceptors (Lipinski definition) is 4. The molecular formula is C18H13N3O2. The molecule has 5 nitrogen and oxygen atoms in total. The highest BCUT2D eigenvalue weighted by molar-refractivity contribution is 6.26. The average molecular weight is 303 g/mol. The number of amides is 1. The molecule has 0 saturated carbocycles. The number of fused-ring (bicyclic) bond motifs is 1. The van der Waals surface area contributed by atoms with Gasteiger partial charge < -0.3 is 10.0 Å². The average Bonchev–Trinajstić information content (AvgIpc) is 2.97. The first-order valence-corrected chi connectivity index (χ1v) is 7.23. The maximum Gasteiger partial charge on any atom is 0.262 e. The number of carbonyl (C=O) groups excluding carboxylic acids is 1. The zero-order valence-electron chi connectivity index (χ0n) is 12.1. The van der Waals surface area contributed by atoms with Crippen LogP contribution in [-0.4, -0.2) is 23.2 Å². The van der Waals surface area contributed by atoms with Crippen LogP contribution in [-0.2, 0) is 4.79 Å². The lowest BCUT2D eigenvalue weighted by Gasteiger charge is -2.20. The van der Waals surface area contributed by atoms with Gasteiger partial charge in [-0.05, 0) is 35.4 Å². The standard InChI is InChI=1S/C18H13N3O2/c22-14-8-6-12(7-9-14)15-10-21(13-4-2-1-3-5-13)17-16(15)18(23)20-11-19-17/h1-11,16,22H. The molecule has 2 aromatic rings. The van der Waals surface area contributed by atoms with E-state index in [-0.39, 0.29) is 11.7 Å². The second-order valence-corrected chi connectivity index (χ2v) is 5.34. The highest BCUT2D eigenvalue weighted by Crippen LogP contribution is 2.37. The lowest BCUT2D eigenvalue weighted by molar-refractivity contribution is -0.118. The van der Waals surface area contributed by atoms with E-state index in [9.17, 15) is 9.90 Å². The molecule has 4 rings (SSSR count). The number of hydrogen-bond donors (Lipinski definition) is 1.